The number of nitrogens with one attached hydrogen (secondary N) is 1. The van der Waals surface area contributed by atoms with Gasteiger partial charge in [-0.1, -0.05) is 39.0 Å². The van der Waals surface area contributed by atoms with Crippen molar-refractivity contribution in [3.8, 4) is 5.75 Å². The van der Waals surface area contributed by atoms with E-state index in [1.54, 1.807) is 48.7 Å². The lowest BCUT2D eigenvalue weighted by Crippen LogP contribution is -2.46. The molecule has 0 saturated carbocycles. The zero-order chi connectivity index (χ0) is 28.1. The van der Waals surface area contributed by atoms with Gasteiger partial charge in [-0.05, 0) is 37.5 Å². The maximum atomic E-state index is 13.7. The summed E-state index contributed by atoms with van der Waals surface area (Å²) >= 11 is 0. The van der Waals surface area contributed by atoms with Gasteiger partial charge in [-0.15, -0.1) is 0 Å². The van der Waals surface area contributed by atoms with Crippen LogP contribution in [0.4, 0.5) is 0 Å². The molecular formula is C26H36N2O9P+. The predicted molar refractivity (Wildman–Crippen MR) is 136 cm³/mol. The molecule has 12 heteroatoms. The largest absolute Gasteiger partial charge is 0.464 e. The third-order valence-corrected chi connectivity index (χ3v) is 7.23. The molecule has 6 atom stereocenters. The van der Waals surface area contributed by atoms with Crippen molar-refractivity contribution in [2.24, 2.45) is 5.41 Å². The van der Waals surface area contributed by atoms with Gasteiger partial charge in [0.1, 0.15) is 24.0 Å². The Kier molecular flexibility index (Phi) is 9.80. The molecule has 3 rings (SSSR count). The van der Waals surface area contributed by atoms with Gasteiger partial charge in [-0.25, -0.2) is 4.57 Å². The summed E-state index contributed by atoms with van der Waals surface area (Å²) in [6.07, 6.45) is -1.78. The Morgan fingerprint density at radius 2 is 1.82 bits per heavy atom. The highest BCUT2D eigenvalue weighted by Gasteiger charge is 2.49. The molecule has 2 aromatic rings. The molecule has 0 amide bonds. The summed E-state index contributed by atoms with van der Waals surface area (Å²) in [6, 6.07) is 10.4. The summed E-state index contributed by atoms with van der Waals surface area (Å²) in [5.41, 5.74) is 0.139. The zero-order valence-corrected chi connectivity index (χ0v) is 23.0. The van der Waals surface area contributed by atoms with Gasteiger partial charge < -0.3 is 24.2 Å². The van der Waals surface area contributed by atoms with Gasteiger partial charge in [0.05, 0.1) is 18.8 Å². The summed E-state index contributed by atoms with van der Waals surface area (Å²) in [5.74, 6) is -0.594. The van der Waals surface area contributed by atoms with E-state index in [1.165, 1.54) is 24.6 Å². The van der Waals surface area contributed by atoms with E-state index in [-0.39, 0.29) is 23.6 Å². The molecule has 1 saturated heterocycles. The van der Waals surface area contributed by atoms with Crippen molar-refractivity contribution in [1.82, 2.24) is 5.09 Å². The van der Waals surface area contributed by atoms with Crippen LogP contribution in [0.5, 0.6) is 5.75 Å². The van der Waals surface area contributed by atoms with Crippen molar-refractivity contribution in [3.05, 3.63) is 60.4 Å². The van der Waals surface area contributed by atoms with E-state index in [0.717, 1.165) is 0 Å². The monoisotopic (exact) mass is 551 g/mol. The topological polar surface area (TPSA) is 144 Å². The lowest BCUT2D eigenvalue weighted by Gasteiger charge is -2.25. The Hall–Kier alpha value is -2.66. The molecule has 1 fully saturated rings. The minimum Gasteiger partial charge on any atom is -0.464 e. The molecule has 0 radical (unpaired) electrons. The van der Waals surface area contributed by atoms with Crippen LogP contribution in [0.3, 0.4) is 0 Å². The van der Waals surface area contributed by atoms with Crippen molar-refractivity contribution in [1.29, 1.82) is 0 Å². The van der Waals surface area contributed by atoms with Crippen LogP contribution in [0.1, 0.15) is 51.2 Å². The fourth-order valence-electron chi connectivity index (χ4n) is 3.56. The fourth-order valence-corrected chi connectivity index (χ4v) is 5.06. The van der Waals surface area contributed by atoms with Crippen molar-refractivity contribution in [2.75, 3.05) is 13.2 Å². The molecule has 3 unspecified atom stereocenters. The van der Waals surface area contributed by atoms with Crippen molar-refractivity contribution >= 4 is 19.5 Å². The molecule has 1 aliphatic rings. The van der Waals surface area contributed by atoms with Crippen molar-refractivity contribution < 1.29 is 47.5 Å². The lowest BCUT2D eigenvalue weighted by atomic mass is 9.99. The Bertz CT molecular complexity index is 1150. The quantitative estimate of drug-likeness (QED) is 0.165. The smallest absolute Gasteiger partial charge is 0.459 e. The number of hydrogen-bond acceptors (Lipinski definition) is 9. The Morgan fingerprint density at radius 3 is 2.45 bits per heavy atom. The maximum absolute atomic E-state index is 13.7. The summed E-state index contributed by atoms with van der Waals surface area (Å²) in [5, 5.41) is 23.8. The third kappa shape index (κ3) is 8.17. The van der Waals surface area contributed by atoms with Crippen LogP contribution in [0.2, 0.25) is 0 Å². The Balaban J connectivity index is 1.73. The number of pyridine rings is 1. The SMILES string of the molecule is CC(=O)c1ccc[n+]([C@@H]2OC(COP(=O)(NC(C)C(=O)OCC(C)(C)C)Oc3ccccc3)[C@@H](O)[C@H]2O)c1. The first-order valence-corrected chi connectivity index (χ1v) is 13.8. The molecule has 1 aromatic heterocycles. The summed E-state index contributed by atoms with van der Waals surface area (Å²) in [4.78, 5) is 24.2. The van der Waals surface area contributed by atoms with E-state index in [0.29, 0.717) is 5.56 Å². The number of rotatable bonds is 11. The number of esters is 1. The van der Waals surface area contributed by atoms with Crippen molar-refractivity contribution in [3.63, 3.8) is 0 Å². The number of para-hydroxylation sites is 1. The standard InChI is InChI=1S/C26H36N2O9P/c1-17(25(32)34-16-26(3,4)5)27-38(33,37-20-11-7-6-8-12-20)35-15-21-22(30)23(31)24(36-21)28-13-9-10-19(14-28)18(2)29/h6-14,17,21-24,30-31H,15-16H2,1-5H3,(H,27,33)/q+1/t17?,21?,22-,23-,24-,38?/m1/s1. The van der Waals surface area contributed by atoms with Gasteiger partial charge in [-0.2, -0.15) is 9.65 Å². The number of benzene rings is 1. The van der Waals surface area contributed by atoms with E-state index in [9.17, 15) is 24.4 Å². The molecule has 0 bridgehead atoms. The molecule has 11 nitrogen and oxygen atoms in total. The minimum atomic E-state index is -4.20. The number of ether oxygens (including phenoxy) is 2. The number of nitrogens with zero attached hydrogens (tertiary/aromatic N) is 1. The predicted octanol–water partition coefficient (Wildman–Crippen LogP) is 2.57. The van der Waals surface area contributed by atoms with E-state index in [4.69, 9.17) is 18.5 Å². The molecule has 2 heterocycles. The van der Waals surface area contributed by atoms with E-state index in [1.807, 2.05) is 20.8 Å². The highest BCUT2D eigenvalue weighted by atomic mass is 31.2. The van der Waals surface area contributed by atoms with E-state index in [2.05, 4.69) is 5.09 Å². The van der Waals surface area contributed by atoms with E-state index < -0.39 is 50.9 Å². The number of carbonyl (C=O) groups is 2. The highest BCUT2D eigenvalue weighted by Crippen LogP contribution is 2.45. The van der Waals surface area contributed by atoms with Crippen LogP contribution >= 0.6 is 7.75 Å². The van der Waals surface area contributed by atoms with Crippen LogP contribution < -0.4 is 14.2 Å². The zero-order valence-electron chi connectivity index (χ0n) is 22.1. The lowest BCUT2D eigenvalue weighted by molar-refractivity contribution is -0.765. The number of aromatic nitrogens is 1. The molecular weight excluding hydrogens is 515 g/mol. The van der Waals surface area contributed by atoms with Gasteiger partial charge in [0, 0.05) is 6.07 Å². The van der Waals surface area contributed by atoms with Gasteiger partial charge in [0.15, 0.2) is 24.3 Å². The first kappa shape index (κ1) is 29.9. The number of aliphatic hydroxyl groups excluding tert-OH is 2. The fraction of sp³-hybridized carbons (Fsp3) is 0.500. The van der Waals surface area contributed by atoms with Gasteiger partial charge in [-0.3, -0.25) is 14.1 Å². The van der Waals surface area contributed by atoms with Crippen LogP contribution in [-0.4, -0.2) is 59.5 Å². The second-order valence-corrected chi connectivity index (χ2v) is 12.1. The Labute approximate surface area is 222 Å². The van der Waals surface area contributed by atoms with Gasteiger partial charge in [0.25, 0.3) is 6.23 Å². The first-order valence-electron chi connectivity index (χ1n) is 12.2. The number of ketones is 1. The number of Topliss-reactive ketones (excluding diaryl/α,β-unsaturated/α-hetero) is 1. The third-order valence-electron chi connectivity index (χ3n) is 5.59. The molecule has 208 valence electrons. The van der Waals surface area contributed by atoms with Crippen LogP contribution in [0.25, 0.3) is 0 Å². The number of carbonyl (C=O) groups excluding carboxylic acids is 2. The van der Waals surface area contributed by atoms with Crippen LogP contribution in [0.15, 0.2) is 54.9 Å². The molecule has 0 aliphatic carbocycles. The maximum Gasteiger partial charge on any atom is 0.459 e. The second kappa shape index (κ2) is 12.5. The minimum absolute atomic E-state index is 0.159. The van der Waals surface area contributed by atoms with Crippen LogP contribution in [0, 0.1) is 5.41 Å². The highest BCUT2D eigenvalue weighted by molar-refractivity contribution is 7.52. The summed E-state index contributed by atoms with van der Waals surface area (Å²) < 4.78 is 37.5. The molecule has 3 N–H and O–H groups in total. The molecule has 0 spiro atoms. The molecule has 1 aromatic carbocycles. The second-order valence-electron chi connectivity index (χ2n) is 10.4. The van der Waals surface area contributed by atoms with Crippen LogP contribution in [-0.2, 0) is 23.4 Å². The number of aliphatic hydroxyl groups is 2. The first-order chi connectivity index (χ1) is 17.8. The number of hydrogen-bond donors (Lipinski definition) is 3. The van der Waals surface area contributed by atoms with Gasteiger partial charge in [0.2, 0.25) is 0 Å². The Morgan fingerprint density at radius 1 is 1.13 bits per heavy atom. The average molecular weight is 552 g/mol. The molecule has 1 aliphatic heterocycles. The summed E-state index contributed by atoms with van der Waals surface area (Å²) in [6.45, 7) is 8.33. The van der Waals surface area contributed by atoms with Gasteiger partial charge >= 0.3 is 13.7 Å². The normalized spacial score (nSPS) is 23.9. The summed E-state index contributed by atoms with van der Waals surface area (Å²) in [7, 11) is -4.20. The molecule has 38 heavy (non-hydrogen) atoms. The average Bonchev–Trinajstić information content (AvgIpc) is 3.15. The van der Waals surface area contributed by atoms with E-state index >= 15 is 0 Å². The van der Waals surface area contributed by atoms with Crippen molar-refractivity contribution in [2.45, 2.75) is 65.2 Å².